The molecule has 2 aromatic rings. The van der Waals surface area contributed by atoms with Crippen molar-refractivity contribution in [3.63, 3.8) is 0 Å². The Balaban J connectivity index is 0.00000137. The lowest BCUT2D eigenvalue weighted by Crippen LogP contribution is -2.20. The molecule has 3 rings (SSSR count). The number of nitrogens with zero attached hydrogens (tertiary/aromatic N) is 3. The zero-order chi connectivity index (χ0) is 26.0. The van der Waals surface area contributed by atoms with Crippen molar-refractivity contribution in [2.45, 2.75) is 65.1 Å². The van der Waals surface area contributed by atoms with Crippen LogP contribution in [0.25, 0.3) is 0 Å². The molecule has 1 atom stereocenters. The van der Waals surface area contributed by atoms with E-state index in [4.69, 9.17) is 4.99 Å². The second-order valence-corrected chi connectivity index (χ2v) is 10.6. The molecule has 0 spiro atoms. The molecule has 0 bridgehead atoms. The minimum absolute atomic E-state index is 0.197. The highest BCUT2D eigenvalue weighted by Gasteiger charge is 2.16. The lowest BCUT2D eigenvalue weighted by molar-refractivity contribution is 0.331. The van der Waals surface area contributed by atoms with Crippen molar-refractivity contribution in [1.29, 1.82) is 0 Å². The van der Waals surface area contributed by atoms with E-state index in [1.807, 2.05) is 39.0 Å². The summed E-state index contributed by atoms with van der Waals surface area (Å²) in [5.41, 5.74) is 4.11. The number of benzene rings is 1. The fraction of sp³-hybridized carbons (Fsp3) is 0.444. The molecule has 0 radical (unpaired) electrons. The predicted octanol–water partition coefficient (Wildman–Crippen LogP) is 5.08. The Morgan fingerprint density at radius 3 is 2.40 bits per heavy atom. The van der Waals surface area contributed by atoms with Crippen molar-refractivity contribution >= 4 is 21.5 Å². The lowest BCUT2D eigenvalue weighted by Gasteiger charge is -2.15. The van der Waals surface area contributed by atoms with Crippen LogP contribution in [0, 0.1) is 13.8 Å². The summed E-state index contributed by atoms with van der Waals surface area (Å²) in [6, 6.07) is 5.22. The smallest absolute Gasteiger partial charge is 0.240 e. The zero-order valence-electron chi connectivity index (χ0n) is 22.0. The van der Waals surface area contributed by atoms with Crippen molar-refractivity contribution in [3.05, 3.63) is 72.1 Å². The minimum atomic E-state index is -3.47. The summed E-state index contributed by atoms with van der Waals surface area (Å²) in [4.78, 5) is 7.66. The third-order valence-electron chi connectivity index (χ3n) is 5.74. The van der Waals surface area contributed by atoms with E-state index >= 15 is 0 Å². The van der Waals surface area contributed by atoms with Crippen LogP contribution in [0.15, 0.2) is 65.3 Å². The first-order chi connectivity index (χ1) is 16.6. The SMILES string of the molecule is C/C=C\C(=N/C(C)Nc1ccc(S(=O)(=O)NC)c(C)c1)n1cc(C)c(CN2CCCC2)c1.C=CC. The third-order valence-corrected chi connectivity index (χ3v) is 7.32. The Labute approximate surface area is 211 Å². The van der Waals surface area contributed by atoms with Gasteiger partial charge in [0.25, 0.3) is 0 Å². The normalized spacial score (nSPS) is 15.7. The van der Waals surface area contributed by atoms with Crippen LogP contribution in [-0.2, 0) is 16.6 Å². The number of nitrogens with one attached hydrogen (secondary N) is 2. The zero-order valence-corrected chi connectivity index (χ0v) is 22.8. The molecule has 1 unspecified atom stereocenters. The summed E-state index contributed by atoms with van der Waals surface area (Å²) in [6.07, 6.45) is 12.4. The van der Waals surface area contributed by atoms with E-state index in [-0.39, 0.29) is 11.1 Å². The first kappa shape index (κ1) is 28.6. The lowest BCUT2D eigenvalue weighted by atomic mass is 10.2. The number of sulfonamides is 1. The number of hydrogen-bond donors (Lipinski definition) is 2. The van der Waals surface area contributed by atoms with Crippen LogP contribution in [0.2, 0.25) is 0 Å². The van der Waals surface area contributed by atoms with Crippen LogP contribution >= 0.6 is 0 Å². The summed E-state index contributed by atoms with van der Waals surface area (Å²) in [6.45, 7) is 16.5. The average molecular weight is 500 g/mol. The molecule has 1 fully saturated rings. The van der Waals surface area contributed by atoms with Gasteiger partial charge in [-0.05, 0) is 109 Å². The summed E-state index contributed by atoms with van der Waals surface area (Å²) in [5.74, 6) is 0.856. The Morgan fingerprint density at radius 1 is 1.17 bits per heavy atom. The van der Waals surface area contributed by atoms with Gasteiger partial charge in [-0.15, -0.1) is 6.58 Å². The first-order valence-electron chi connectivity index (χ1n) is 12.1. The molecule has 1 saturated heterocycles. The summed E-state index contributed by atoms with van der Waals surface area (Å²) in [7, 11) is -2.05. The molecule has 7 nitrogen and oxygen atoms in total. The standard InChI is InChI=1S/C24H35N5O2S.C3H6/c1-6-9-24(29-15-19(3)21(17-29)16-28-12-7-8-13-28)27-20(4)26-22-10-11-23(18(2)14-22)32(30,31)25-5;1-3-2/h6,9-11,14-15,17,20,25-26H,7-8,12-13,16H2,1-5H3;3H,1H2,2H3/b9-6-,27-24+;. The van der Waals surface area contributed by atoms with Crippen LogP contribution < -0.4 is 10.0 Å². The molecule has 1 aromatic heterocycles. The topological polar surface area (TPSA) is 78.7 Å². The van der Waals surface area contributed by atoms with Crippen LogP contribution in [0.3, 0.4) is 0 Å². The van der Waals surface area contributed by atoms with Gasteiger partial charge in [-0.1, -0.05) is 12.2 Å². The van der Waals surface area contributed by atoms with Gasteiger partial charge in [0.2, 0.25) is 10.0 Å². The van der Waals surface area contributed by atoms with Crippen LogP contribution in [-0.4, -0.2) is 50.0 Å². The first-order valence-corrected chi connectivity index (χ1v) is 13.6. The fourth-order valence-electron chi connectivity index (χ4n) is 4.05. The van der Waals surface area contributed by atoms with Crippen LogP contribution in [0.5, 0.6) is 0 Å². The maximum Gasteiger partial charge on any atom is 0.240 e. The average Bonchev–Trinajstić information content (AvgIpc) is 3.44. The number of allylic oxidation sites excluding steroid dienone is 3. The van der Waals surface area contributed by atoms with Crippen molar-refractivity contribution in [2.24, 2.45) is 4.99 Å². The molecule has 1 aromatic carbocycles. The molecule has 0 amide bonds. The number of aryl methyl sites for hydroxylation is 2. The molecule has 1 aliphatic heterocycles. The molecule has 2 heterocycles. The van der Waals surface area contributed by atoms with E-state index in [0.717, 1.165) is 18.1 Å². The Morgan fingerprint density at radius 2 is 1.83 bits per heavy atom. The molecule has 2 N–H and O–H groups in total. The van der Waals surface area contributed by atoms with Gasteiger partial charge in [0.1, 0.15) is 12.0 Å². The Kier molecular flexibility index (Phi) is 10.9. The molecular formula is C27H41N5O2S. The third kappa shape index (κ3) is 8.19. The highest BCUT2D eigenvalue weighted by atomic mass is 32.2. The number of hydrogen-bond acceptors (Lipinski definition) is 5. The monoisotopic (exact) mass is 499 g/mol. The van der Waals surface area contributed by atoms with Crippen molar-refractivity contribution in [1.82, 2.24) is 14.2 Å². The minimum Gasteiger partial charge on any atom is -0.364 e. The molecule has 8 heteroatoms. The number of rotatable bonds is 8. The highest BCUT2D eigenvalue weighted by Crippen LogP contribution is 2.21. The second kappa shape index (κ2) is 13.4. The maximum absolute atomic E-state index is 12.1. The second-order valence-electron chi connectivity index (χ2n) is 8.76. The van der Waals surface area contributed by atoms with Gasteiger partial charge in [-0.25, -0.2) is 18.1 Å². The highest BCUT2D eigenvalue weighted by molar-refractivity contribution is 7.89. The van der Waals surface area contributed by atoms with E-state index in [9.17, 15) is 8.42 Å². The Bertz CT molecular complexity index is 1140. The number of aliphatic imine (C=N–C) groups is 1. The molecule has 192 valence electrons. The molecular weight excluding hydrogens is 458 g/mol. The van der Waals surface area contributed by atoms with Gasteiger partial charge in [-0.2, -0.15) is 0 Å². The van der Waals surface area contributed by atoms with E-state index in [1.54, 1.807) is 25.1 Å². The van der Waals surface area contributed by atoms with E-state index in [1.165, 1.54) is 44.1 Å². The van der Waals surface area contributed by atoms with Gasteiger partial charge < -0.3 is 9.88 Å². The summed E-state index contributed by atoms with van der Waals surface area (Å²) < 4.78 is 28.7. The van der Waals surface area contributed by atoms with E-state index in [2.05, 4.69) is 45.4 Å². The Hall–Kier alpha value is -2.68. The van der Waals surface area contributed by atoms with E-state index in [0.29, 0.717) is 5.56 Å². The quantitative estimate of drug-likeness (QED) is 0.302. The van der Waals surface area contributed by atoms with Gasteiger partial charge in [-0.3, -0.25) is 4.90 Å². The van der Waals surface area contributed by atoms with Gasteiger partial charge >= 0.3 is 0 Å². The molecule has 0 aliphatic carbocycles. The number of anilines is 1. The largest absolute Gasteiger partial charge is 0.364 e. The predicted molar refractivity (Wildman–Crippen MR) is 148 cm³/mol. The summed E-state index contributed by atoms with van der Waals surface area (Å²) in [5, 5.41) is 3.36. The number of likely N-dealkylation sites (tertiary alicyclic amines) is 1. The maximum atomic E-state index is 12.1. The molecule has 1 aliphatic rings. The van der Waals surface area contributed by atoms with Crippen molar-refractivity contribution < 1.29 is 8.42 Å². The van der Waals surface area contributed by atoms with Gasteiger partial charge in [0.15, 0.2) is 0 Å². The van der Waals surface area contributed by atoms with E-state index < -0.39 is 10.0 Å². The number of aromatic nitrogens is 1. The van der Waals surface area contributed by atoms with Crippen LogP contribution in [0.4, 0.5) is 5.69 Å². The van der Waals surface area contributed by atoms with Crippen molar-refractivity contribution in [3.8, 4) is 0 Å². The van der Waals surface area contributed by atoms with Gasteiger partial charge in [0.05, 0.1) is 4.90 Å². The fourth-order valence-corrected chi connectivity index (χ4v) is 5.00. The van der Waals surface area contributed by atoms with Gasteiger partial charge in [0, 0.05) is 24.6 Å². The molecule has 35 heavy (non-hydrogen) atoms. The van der Waals surface area contributed by atoms with Crippen molar-refractivity contribution in [2.75, 3.05) is 25.5 Å². The summed E-state index contributed by atoms with van der Waals surface area (Å²) >= 11 is 0. The molecule has 0 saturated carbocycles. The van der Waals surface area contributed by atoms with Crippen LogP contribution in [0.1, 0.15) is 50.3 Å².